The van der Waals surface area contributed by atoms with Gasteiger partial charge in [0.2, 0.25) is 5.91 Å². The minimum Gasteiger partial charge on any atom is -0.355 e. The SMILES string of the molecule is O=C(NCC1CCCSC1)C1CCCCS1(=O)=O. The molecule has 0 spiro atoms. The Morgan fingerprint density at radius 2 is 2.06 bits per heavy atom. The van der Waals surface area contributed by atoms with E-state index in [1.807, 2.05) is 11.8 Å². The highest BCUT2D eigenvalue weighted by molar-refractivity contribution is 7.99. The van der Waals surface area contributed by atoms with Gasteiger partial charge in [-0.3, -0.25) is 4.79 Å². The van der Waals surface area contributed by atoms with Crippen molar-refractivity contribution in [3.8, 4) is 0 Å². The van der Waals surface area contributed by atoms with Gasteiger partial charge >= 0.3 is 0 Å². The fourth-order valence-electron chi connectivity index (χ4n) is 2.58. The third-order valence-corrected chi connectivity index (χ3v) is 7.15. The quantitative estimate of drug-likeness (QED) is 0.849. The fraction of sp³-hybridized carbons (Fsp3) is 0.917. The number of carbonyl (C=O) groups excluding carboxylic acids is 1. The third kappa shape index (κ3) is 3.63. The van der Waals surface area contributed by atoms with Crippen LogP contribution < -0.4 is 5.32 Å². The Balaban J connectivity index is 1.83. The van der Waals surface area contributed by atoms with Crippen LogP contribution in [0.4, 0.5) is 0 Å². The lowest BCUT2D eigenvalue weighted by atomic mass is 10.1. The van der Waals surface area contributed by atoms with E-state index in [1.165, 1.54) is 12.2 Å². The van der Waals surface area contributed by atoms with E-state index >= 15 is 0 Å². The summed E-state index contributed by atoms with van der Waals surface area (Å²) in [4.78, 5) is 12.0. The smallest absolute Gasteiger partial charge is 0.238 e. The summed E-state index contributed by atoms with van der Waals surface area (Å²) in [5.41, 5.74) is 0. The fourth-order valence-corrected chi connectivity index (χ4v) is 5.56. The highest BCUT2D eigenvalue weighted by atomic mass is 32.2. The second-order valence-corrected chi connectivity index (χ2v) is 8.63. The number of hydrogen-bond donors (Lipinski definition) is 1. The number of nitrogens with one attached hydrogen (secondary N) is 1. The molecule has 6 heteroatoms. The second kappa shape index (κ2) is 6.28. The predicted molar refractivity (Wildman–Crippen MR) is 74.5 cm³/mol. The summed E-state index contributed by atoms with van der Waals surface area (Å²) in [6.45, 7) is 0.637. The van der Waals surface area contributed by atoms with Crippen LogP contribution in [-0.4, -0.2) is 43.4 Å². The van der Waals surface area contributed by atoms with Crippen LogP contribution in [0.25, 0.3) is 0 Å². The Kier molecular flexibility index (Phi) is 4.95. The van der Waals surface area contributed by atoms with Crippen LogP contribution in [0.15, 0.2) is 0 Å². The molecular formula is C12H21NO3S2. The monoisotopic (exact) mass is 291 g/mol. The zero-order valence-corrected chi connectivity index (χ0v) is 12.2. The standard InChI is InChI=1S/C12H21NO3S2/c14-12(11-5-1-2-7-18(11,15)16)13-8-10-4-3-6-17-9-10/h10-11H,1-9H2,(H,13,14). The van der Waals surface area contributed by atoms with Crippen LogP contribution in [0.5, 0.6) is 0 Å². The van der Waals surface area contributed by atoms with Gasteiger partial charge < -0.3 is 5.32 Å². The van der Waals surface area contributed by atoms with Crippen molar-refractivity contribution in [2.75, 3.05) is 23.8 Å². The van der Waals surface area contributed by atoms with E-state index in [-0.39, 0.29) is 11.7 Å². The summed E-state index contributed by atoms with van der Waals surface area (Å²) in [6, 6.07) is 0. The highest BCUT2D eigenvalue weighted by Crippen LogP contribution is 2.23. The van der Waals surface area contributed by atoms with Gasteiger partial charge in [0.15, 0.2) is 9.84 Å². The molecule has 1 N–H and O–H groups in total. The molecule has 2 unspecified atom stereocenters. The number of sulfone groups is 1. The first kappa shape index (κ1) is 14.2. The Bertz CT molecular complexity index is 388. The summed E-state index contributed by atoms with van der Waals surface area (Å²) in [5, 5.41) is 2.06. The molecule has 2 aliphatic rings. The van der Waals surface area contributed by atoms with Crippen LogP contribution in [0.3, 0.4) is 0 Å². The van der Waals surface area contributed by atoms with Crippen molar-refractivity contribution in [2.24, 2.45) is 5.92 Å². The highest BCUT2D eigenvalue weighted by Gasteiger charge is 2.34. The van der Waals surface area contributed by atoms with Crippen molar-refractivity contribution >= 4 is 27.5 Å². The number of hydrogen-bond acceptors (Lipinski definition) is 4. The Morgan fingerprint density at radius 1 is 1.22 bits per heavy atom. The molecule has 0 aliphatic carbocycles. The first-order valence-corrected chi connectivity index (χ1v) is 9.53. The average Bonchev–Trinajstić information content (AvgIpc) is 2.37. The molecule has 4 nitrogen and oxygen atoms in total. The lowest BCUT2D eigenvalue weighted by Gasteiger charge is -2.24. The molecule has 2 fully saturated rings. The minimum absolute atomic E-state index is 0.171. The van der Waals surface area contributed by atoms with E-state index in [4.69, 9.17) is 0 Å². The van der Waals surface area contributed by atoms with Crippen molar-refractivity contribution < 1.29 is 13.2 Å². The summed E-state index contributed by atoms with van der Waals surface area (Å²) in [6.07, 6.45) is 4.38. The summed E-state index contributed by atoms with van der Waals surface area (Å²) in [7, 11) is -3.19. The van der Waals surface area contributed by atoms with Crippen LogP contribution in [-0.2, 0) is 14.6 Å². The second-order valence-electron chi connectivity index (χ2n) is 5.18. The van der Waals surface area contributed by atoms with Crippen LogP contribution >= 0.6 is 11.8 Å². The molecule has 0 bridgehead atoms. The maximum atomic E-state index is 12.0. The zero-order valence-electron chi connectivity index (χ0n) is 10.6. The molecular weight excluding hydrogens is 270 g/mol. The maximum Gasteiger partial charge on any atom is 0.238 e. The lowest BCUT2D eigenvalue weighted by molar-refractivity contribution is -0.121. The average molecular weight is 291 g/mol. The van der Waals surface area contributed by atoms with Crippen molar-refractivity contribution in [1.82, 2.24) is 5.32 Å². The van der Waals surface area contributed by atoms with E-state index in [1.54, 1.807) is 0 Å². The summed E-state index contributed by atoms with van der Waals surface area (Å²) in [5.74, 6) is 2.70. The van der Waals surface area contributed by atoms with Gasteiger partial charge in [0.1, 0.15) is 5.25 Å². The molecule has 0 aromatic heterocycles. The van der Waals surface area contributed by atoms with Crippen LogP contribution in [0, 0.1) is 5.92 Å². The Hall–Kier alpha value is -0.230. The zero-order chi connectivity index (χ0) is 13.0. The molecule has 104 valence electrons. The van der Waals surface area contributed by atoms with Crippen molar-refractivity contribution in [1.29, 1.82) is 0 Å². The van der Waals surface area contributed by atoms with Gasteiger partial charge in [-0.05, 0) is 43.1 Å². The first-order chi connectivity index (χ1) is 8.59. The molecule has 2 aliphatic heterocycles. The molecule has 2 heterocycles. The molecule has 2 atom stereocenters. The largest absolute Gasteiger partial charge is 0.355 e. The summed E-state index contributed by atoms with van der Waals surface area (Å²) < 4.78 is 23.6. The maximum absolute atomic E-state index is 12.0. The Labute approximate surface area is 113 Å². The van der Waals surface area contributed by atoms with E-state index in [9.17, 15) is 13.2 Å². The third-order valence-electron chi connectivity index (χ3n) is 3.69. The first-order valence-electron chi connectivity index (χ1n) is 6.66. The van der Waals surface area contributed by atoms with Gasteiger partial charge in [0, 0.05) is 6.54 Å². The molecule has 0 aromatic carbocycles. The lowest BCUT2D eigenvalue weighted by Crippen LogP contribution is -2.44. The number of rotatable bonds is 3. The van der Waals surface area contributed by atoms with Crippen molar-refractivity contribution in [2.45, 2.75) is 37.4 Å². The summed E-state index contributed by atoms with van der Waals surface area (Å²) >= 11 is 1.92. The van der Waals surface area contributed by atoms with E-state index < -0.39 is 15.1 Å². The van der Waals surface area contributed by atoms with Gasteiger partial charge in [0.05, 0.1) is 5.75 Å². The number of carbonyl (C=O) groups is 1. The van der Waals surface area contributed by atoms with Gasteiger partial charge in [0.25, 0.3) is 0 Å². The minimum atomic E-state index is -3.19. The molecule has 18 heavy (non-hydrogen) atoms. The van der Waals surface area contributed by atoms with Gasteiger partial charge in [-0.2, -0.15) is 11.8 Å². The van der Waals surface area contributed by atoms with Gasteiger partial charge in [-0.1, -0.05) is 6.42 Å². The van der Waals surface area contributed by atoms with Crippen LogP contribution in [0.1, 0.15) is 32.1 Å². The molecule has 2 rings (SSSR count). The van der Waals surface area contributed by atoms with Crippen molar-refractivity contribution in [3.05, 3.63) is 0 Å². The predicted octanol–water partition coefficient (Wildman–Crippen LogP) is 1.21. The molecule has 0 radical (unpaired) electrons. The number of thioether (sulfide) groups is 1. The Morgan fingerprint density at radius 3 is 2.72 bits per heavy atom. The van der Waals surface area contributed by atoms with Gasteiger partial charge in [-0.15, -0.1) is 0 Å². The molecule has 1 amide bonds. The topological polar surface area (TPSA) is 63.2 Å². The molecule has 2 saturated heterocycles. The van der Waals surface area contributed by atoms with Crippen LogP contribution in [0.2, 0.25) is 0 Å². The number of amides is 1. The van der Waals surface area contributed by atoms with Crippen molar-refractivity contribution in [3.63, 3.8) is 0 Å². The molecule has 0 saturated carbocycles. The van der Waals surface area contributed by atoms with E-state index in [0.717, 1.165) is 18.6 Å². The normalized spacial score (nSPS) is 31.8. The van der Waals surface area contributed by atoms with E-state index in [0.29, 0.717) is 25.3 Å². The van der Waals surface area contributed by atoms with E-state index in [2.05, 4.69) is 5.32 Å². The molecule has 0 aromatic rings. The van der Waals surface area contributed by atoms with Gasteiger partial charge in [-0.25, -0.2) is 8.42 Å².